The summed E-state index contributed by atoms with van der Waals surface area (Å²) >= 11 is 7.69. The maximum atomic E-state index is 8.36. The second-order valence-electron chi connectivity index (χ2n) is 0.553. The summed E-state index contributed by atoms with van der Waals surface area (Å²) in [4.78, 5) is 8.36. The van der Waals surface area contributed by atoms with Crippen molar-refractivity contribution < 1.29 is 9.90 Å². The number of thiol groups is 2. The Labute approximate surface area is 59.9 Å². The van der Waals surface area contributed by atoms with E-state index in [1.807, 2.05) is 0 Å². The fourth-order valence-corrected chi connectivity index (χ4v) is 0. The van der Waals surface area contributed by atoms with E-state index in [9.17, 15) is 0 Å². The van der Waals surface area contributed by atoms with Crippen LogP contribution >= 0.6 is 25.3 Å². The van der Waals surface area contributed by atoms with Gasteiger partial charge in [-0.15, -0.1) is 0 Å². The monoisotopic (exact) mass is 157 g/mol. The predicted molar refractivity (Wildman–Crippen MR) is 41.4 cm³/mol. The Kier molecular flexibility index (Phi) is 53.7. The SMILES string of the molecule is N.O=CO.SCCS. The van der Waals surface area contributed by atoms with Crippen molar-refractivity contribution in [3.05, 3.63) is 0 Å². The highest BCUT2D eigenvalue weighted by atomic mass is 32.1. The lowest BCUT2D eigenvalue weighted by atomic mass is 11.0. The van der Waals surface area contributed by atoms with Gasteiger partial charge in [0.2, 0.25) is 0 Å². The van der Waals surface area contributed by atoms with Crippen molar-refractivity contribution >= 4 is 31.7 Å². The third kappa shape index (κ3) is 126. The predicted octanol–water partition coefficient (Wildman–Crippen LogP) is 0.709. The topological polar surface area (TPSA) is 72.3 Å². The van der Waals surface area contributed by atoms with E-state index in [1.165, 1.54) is 0 Å². The Bertz CT molecular complexity index is 34.5. The summed E-state index contributed by atoms with van der Waals surface area (Å²) in [5.41, 5.74) is 0. The molecule has 52 valence electrons. The molecule has 8 heavy (non-hydrogen) atoms. The van der Waals surface area contributed by atoms with Gasteiger partial charge in [0.25, 0.3) is 6.47 Å². The maximum absolute atomic E-state index is 8.36. The highest BCUT2D eigenvalue weighted by molar-refractivity contribution is 7.84. The van der Waals surface area contributed by atoms with Gasteiger partial charge in [0, 0.05) is 0 Å². The van der Waals surface area contributed by atoms with Gasteiger partial charge in [-0.05, 0) is 11.5 Å². The van der Waals surface area contributed by atoms with Crippen LogP contribution in [0.4, 0.5) is 0 Å². The van der Waals surface area contributed by atoms with Gasteiger partial charge in [-0.1, -0.05) is 0 Å². The summed E-state index contributed by atoms with van der Waals surface area (Å²) in [6.07, 6.45) is 0. The first kappa shape index (κ1) is 15.7. The first-order valence-electron chi connectivity index (χ1n) is 1.63. The fraction of sp³-hybridized carbons (Fsp3) is 0.667. The van der Waals surface area contributed by atoms with E-state index in [-0.39, 0.29) is 12.6 Å². The van der Waals surface area contributed by atoms with Gasteiger partial charge in [-0.25, -0.2) is 0 Å². The Morgan fingerprint density at radius 3 is 1.50 bits per heavy atom. The summed E-state index contributed by atoms with van der Waals surface area (Å²) in [5.74, 6) is 1.76. The summed E-state index contributed by atoms with van der Waals surface area (Å²) in [5, 5.41) is 6.89. The van der Waals surface area contributed by atoms with Crippen LogP contribution in [-0.2, 0) is 4.79 Å². The Balaban J connectivity index is -0.0000000575. The minimum Gasteiger partial charge on any atom is -0.483 e. The van der Waals surface area contributed by atoms with Gasteiger partial charge in [0.15, 0.2) is 0 Å². The number of carbonyl (C=O) groups is 1. The molecule has 4 N–H and O–H groups in total. The standard InChI is InChI=1S/C2H6S2.CH2O2.H3N/c3-1-2-4;2-1-3;/h3-4H,1-2H2;1H,(H,2,3);1H3. The van der Waals surface area contributed by atoms with Gasteiger partial charge in [-0.3, -0.25) is 4.79 Å². The van der Waals surface area contributed by atoms with Crippen molar-refractivity contribution in [2.75, 3.05) is 11.5 Å². The fourth-order valence-electron chi connectivity index (χ4n) is 0. The number of rotatable bonds is 1. The molecule has 0 unspecified atom stereocenters. The van der Waals surface area contributed by atoms with Crippen molar-refractivity contribution in [2.45, 2.75) is 0 Å². The van der Waals surface area contributed by atoms with Crippen molar-refractivity contribution in [2.24, 2.45) is 0 Å². The van der Waals surface area contributed by atoms with Crippen molar-refractivity contribution in [3.8, 4) is 0 Å². The van der Waals surface area contributed by atoms with Gasteiger partial charge in [0.05, 0.1) is 0 Å². The van der Waals surface area contributed by atoms with Crippen LogP contribution in [0.3, 0.4) is 0 Å². The molecule has 0 radical (unpaired) electrons. The molecular formula is C3H11NO2S2. The third-order valence-corrected chi connectivity index (χ3v) is 0.900. The molecular weight excluding hydrogens is 146 g/mol. The minimum atomic E-state index is -0.250. The van der Waals surface area contributed by atoms with E-state index in [0.717, 1.165) is 11.5 Å². The zero-order valence-electron chi connectivity index (χ0n) is 4.45. The highest BCUT2D eigenvalue weighted by Gasteiger charge is 1.57. The van der Waals surface area contributed by atoms with E-state index in [1.54, 1.807) is 0 Å². The minimum absolute atomic E-state index is 0. The second-order valence-corrected chi connectivity index (χ2v) is 1.45. The summed E-state index contributed by atoms with van der Waals surface area (Å²) in [7, 11) is 0. The molecule has 0 fully saturated rings. The van der Waals surface area contributed by atoms with Crippen LogP contribution in [0.5, 0.6) is 0 Å². The summed E-state index contributed by atoms with van der Waals surface area (Å²) in [6.45, 7) is -0.250. The van der Waals surface area contributed by atoms with Crippen LogP contribution in [0.2, 0.25) is 0 Å². The molecule has 0 rings (SSSR count). The van der Waals surface area contributed by atoms with Gasteiger partial charge in [0.1, 0.15) is 0 Å². The normalized spacial score (nSPS) is 5.25. The Morgan fingerprint density at radius 1 is 1.38 bits per heavy atom. The van der Waals surface area contributed by atoms with Crippen molar-refractivity contribution in [1.29, 1.82) is 0 Å². The van der Waals surface area contributed by atoms with Crippen molar-refractivity contribution in [3.63, 3.8) is 0 Å². The average Bonchev–Trinajstić information content (AvgIpc) is 1.69. The molecule has 0 aliphatic heterocycles. The quantitative estimate of drug-likeness (QED) is 0.334. The lowest BCUT2D eigenvalue weighted by Gasteiger charge is -1.67. The second kappa shape index (κ2) is 27.3. The Hall–Kier alpha value is 0.130. The van der Waals surface area contributed by atoms with E-state index in [0.29, 0.717) is 0 Å². The number of hydrogen-bond acceptors (Lipinski definition) is 4. The molecule has 0 aromatic rings. The van der Waals surface area contributed by atoms with E-state index < -0.39 is 0 Å². The van der Waals surface area contributed by atoms with Crippen LogP contribution in [0, 0.1) is 0 Å². The van der Waals surface area contributed by atoms with Crippen molar-refractivity contribution in [1.82, 2.24) is 6.15 Å². The smallest absolute Gasteiger partial charge is 0.290 e. The first-order valence-corrected chi connectivity index (χ1v) is 2.89. The zero-order valence-corrected chi connectivity index (χ0v) is 6.24. The molecule has 0 amide bonds. The van der Waals surface area contributed by atoms with E-state index >= 15 is 0 Å². The van der Waals surface area contributed by atoms with Gasteiger partial charge < -0.3 is 11.3 Å². The summed E-state index contributed by atoms with van der Waals surface area (Å²) < 4.78 is 0. The van der Waals surface area contributed by atoms with Crippen LogP contribution in [-0.4, -0.2) is 23.1 Å². The van der Waals surface area contributed by atoms with Crippen LogP contribution in [0.15, 0.2) is 0 Å². The molecule has 5 heteroatoms. The van der Waals surface area contributed by atoms with Crippen LogP contribution < -0.4 is 6.15 Å². The molecule has 0 aliphatic carbocycles. The molecule has 0 bridgehead atoms. The largest absolute Gasteiger partial charge is 0.483 e. The summed E-state index contributed by atoms with van der Waals surface area (Å²) in [6, 6.07) is 0. The molecule has 0 heterocycles. The van der Waals surface area contributed by atoms with E-state index in [2.05, 4.69) is 25.3 Å². The zero-order chi connectivity index (χ0) is 6.12. The van der Waals surface area contributed by atoms with Gasteiger partial charge in [-0.2, -0.15) is 25.3 Å². The highest BCUT2D eigenvalue weighted by Crippen LogP contribution is 1.73. The lowest BCUT2D eigenvalue weighted by Crippen LogP contribution is -1.64. The molecule has 0 aliphatic rings. The molecule has 0 saturated carbocycles. The van der Waals surface area contributed by atoms with Crippen LogP contribution in [0.25, 0.3) is 0 Å². The first-order chi connectivity index (χ1) is 3.33. The molecule has 0 aromatic heterocycles. The van der Waals surface area contributed by atoms with Crippen LogP contribution in [0.1, 0.15) is 0 Å². The lowest BCUT2D eigenvalue weighted by molar-refractivity contribution is -0.122. The average molecular weight is 157 g/mol. The molecule has 0 saturated heterocycles. The molecule has 0 aromatic carbocycles. The van der Waals surface area contributed by atoms with E-state index in [4.69, 9.17) is 9.90 Å². The third-order valence-electron chi connectivity index (χ3n) is 0.1000. The molecule has 0 atom stereocenters. The molecule has 3 nitrogen and oxygen atoms in total. The molecule has 0 spiro atoms. The number of hydrogen-bond donors (Lipinski definition) is 4. The number of carboxylic acid groups (broad SMARTS) is 1. The Morgan fingerprint density at radius 2 is 1.50 bits per heavy atom. The van der Waals surface area contributed by atoms with Gasteiger partial charge >= 0.3 is 0 Å². The maximum Gasteiger partial charge on any atom is 0.290 e.